The molecule has 1 heterocycles. The summed E-state index contributed by atoms with van der Waals surface area (Å²) in [5.74, 6) is -1.16. The maximum absolute atomic E-state index is 14.2. The molecular formula is C39H29N3O3. The molecule has 0 unspecified atom stereocenters. The lowest BCUT2D eigenvalue weighted by atomic mass is 9.98. The van der Waals surface area contributed by atoms with Crippen LogP contribution in [0.3, 0.4) is 0 Å². The second-order valence-electron chi connectivity index (χ2n) is 11.6. The van der Waals surface area contributed by atoms with Crippen LogP contribution in [0.5, 0.6) is 0 Å². The number of fused-ring (bicyclic) bond motifs is 1. The van der Waals surface area contributed by atoms with E-state index in [0.29, 0.717) is 17.7 Å². The number of amides is 1. The number of nitrogens with one attached hydrogen (secondary N) is 1. The highest BCUT2D eigenvalue weighted by Crippen LogP contribution is 2.46. The Bertz CT molecular complexity index is 2080. The average Bonchev–Trinajstić information content (AvgIpc) is 3.76. The first kappa shape index (κ1) is 27.9. The Morgan fingerprint density at radius 3 is 2.07 bits per heavy atom. The summed E-state index contributed by atoms with van der Waals surface area (Å²) < 4.78 is 2.12. The highest BCUT2D eigenvalue weighted by atomic mass is 16.4. The molecule has 0 radical (unpaired) electrons. The van der Waals surface area contributed by atoms with Crippen LogP contribution in [0.4, 0.5) is 0 Å². The molecule has 1 fully saturated rings. The van der Waals surface area contributed by atoms with Crippen LogP contribution in [0.25, 0.3) is 33.2 Å². The van der Waals surface area contributed by atoms with Gasteiger partial charge in [0.2, 0.25) is 0 Å². The lowest BCUT2D eigenvalue weighted by Crippen LogP contribution is -2.35. The predicted molar refractivity (Wildman–Crippen MR) is 175 cm³/mol. The number of carbonyl (C=O) groups is 2. The zero-order valence-electron chi connectivity index (χ0n) is 24.4. The maximum Gasteiger partial charge on any atom is 0.335 e. The SMILES string of the molecule is N#Cc1ccc(-c2cc(C(=O)NC3(c4ccc(C(=O)O)cc4)CC3)c3c(ccn3Cc3ccc(-c4ccccc4)cc3)c2)cc1. The first-order valence-corrected chi connectivity index (χ1v) is 14.9. The van der Waals surface area contributed by atoms with E-state index >= 15 is 0 Å². The number of carbonyl (C=O) groups excluding carboxylic acids is 1. The normalized spacial score (nSPS) is 13.2. The summed E-state index contributed by atoms with van der Waals surface area (Å²) in [5, 5.41) is 22.8. The van der Waals surface area contributed by atoms with E-state index in [9.17, 15) is 20.0 Å². The number of hydrogen-bond donors (Lipinski definition) is 2. The van der Waals surface area contributed by atoms with Gasteiger partial charge in [0.05, 0.1) is 33.8 Å². The first-order valence-electron chi connectivity index (χ1n) is 14.9. The molecule has 0 bridgehead atoms. The number of rotatable bonds is 8. The van der Waals surface area contributed by atoms with Crippen LogP contribution in [0.2, 0.25) is 0 Å². The number of nitriles is 1. The van der Waals surface area contributed by atoms with E-state index in [4.69, 9.17) is 0 Å². The van der Waals surface area contributed by atoms with Crippen LogP contribution in [0.15, 0.2) is 128 Å². The predicted octanol–water partition coefficient (Wildman–Crippen LogP) is 8.01. The van der Waals surface area contributed by atoms with Crippen molar-refractivity contribution in [3.8, 4) is 28.3 Å². The molecule has 6 nitrogen and oxygen atoms in total. The maximum atomic E-state index is 14.2. The third kappa shape index (κ3) is 5.48. The average molecular weight is 588 g/mol. The van der Waals surface area contributed by atoms with Crippen molar-refractivity contribution < 1.29 is 14.7 Å². The molecular weight excluding hydrogens is 558 g/mol. The third-order valence-electron chi connectivity index (χ3n) is 8.65. The lowest BCUT2D eigenvalue weighted by molar-refractivity contribution is 0.0696. The molecule has 1 amide bonds. The van der Waals surface area contributed by atoms with Gasteiger partial charge >= 0.3 is 5.97 Å². The van der Waals surface area contributed by atoms with Crippen LogP contribution in [-0.4, -0.2) is 21.6 Å². The Labute approximate surface area is 260 Å². The first-order chi connectivity index (χ1) is 21.9. The van der Waals surface area contributed by atoms with Gasteiger partial charge in [-0.05, 0) is 88.7 Å². The Hall–Kier alpha value is -5.93. The largest absolute Gasteiger partial charge is 0.478 e. The second kappa shape index (κ2) is 11.3. The monoisotopic (exact) mass is 587 g/mol. The Morgan fingerprint density at radius 2 is 1.42 bits per heavy atom. The standard InChI is InChI=1S/C39H29N3O3/c40-24-26-6-10-30(11-7-26)33-22-32-18-21-42(25-27-8-12-29(13-9-27)28-4-2-1-3-5-28)36(32)35(23-33)37(43)41-39(19-20-39)34-16-14-31(15-17-34)38(44)45/h1-18,21-23H,19-20,25H2,(H,41,43)(H,44,45). The molecule has 0 spiro atoms. The van der Waals surface area contributed by atoms with E-state index in [1.807, 2.05) is 48.7 Å². The van der Waals surface area contributed by atoms with Crippen molar-refractivity contribution in [2.75, 3.05) is 0 Å². The molecule has 1 aromatic heterocycles. The molecule has 1 saturated carbocycles. The van der Waals surface area contributed by atoms with Crippen molar-refractivity contribution in [2.45, 2.75) is 24.9 Å². The van der Waals surface area contributed by atoms with Crippen LogP contribution in [0.1, 0.15) is 50.2 Å². The number of benzene rings is 5. The van der Waals surface area contributed by atoms with Gasteiger partial charge in [0.25, 0.3) is 5.91 Å². The fourth-order valence-corrected chi connectivity index (χ4v) is 6.02. The quantitative estimate of drug-likeness (QED) is 0.189. The molecule has 2 N–H and O–H groups in total. The zero-order chi connectivity index (χ0) is 31.0. The van der Waals surface area contributed by atoms with Crippen molar-refractivity contribution in [3.63, 3.8) is 0 Å². The van der Waals surface area contributed by atoms with Gasteiger partial charge in [-0.3, -0.25) is 4.79 Å². The number of carboxylic acid groups (broad SMARTS) is 1. The number of hydrogen-bond acceptors (Lipinski definition) is 3. The van der Waals surface area contributed by atoms with E-state index in [2.05, 4.69) is 58.4 Å². The zero-order valence-corrected chi connectivity index (χ0v) is 24.4. The summed E-state index contributed by atoms with van der Waals surface area (Å²) >= 11 is 0. The van der Waals surface area contributed by atoms with E-state index < -0.39 is 11.5 Å². The molecule has 0 saturated heterocycles. The van der Waals surface area contributed by atoms with Crippen LogP contribution in [-0.2, 0) is 12.1 Å². The summed E-state index contributed by atoms with van der Waals surface area (Å²) in [6, 6.07) is 41.1. The molecule has 0 atom stereocenters. The summed E-state index contributed by atoms with van der Waals surface area (Å²) in [6.07, 6.45) is 3.57. The van der Waals surface area contributed by atoms with E-state index in [0.717, 1.165) is 57.1 Å². The van der Waals surface area contributed by atoms with E-state index in [1.54, 1.807) is 36.4 Å². The minimum atomic E-state index is -0.979. The molecule has 5 aromatic carbocycles. The van der Waals surface area contributed by atoms with Gasteiger partial charge in [0.15, 0.2) is 0 Å². The number of nitrogens with zero attached hydrogens (tertiary/aromatic N) is 2. The van der Waals surface area contributed by atoms with Crippen molar-refractivity contribution in [1.29, 1.82) is 5.26 Å². The second-order valence-corrected chi connectivity index (χ2v) is 11.6. The highest BCUT2D eigenvalue weighted by molar-refractivity contribution is 6.08. The summed E-state index contributed by atoms with van der Waals surface area (Å²) in [6.45, 7) is 0.594. The molecule has 0 aliphatic heterocycles. The minimum Gasteiger partial charge on any atom is -0.478 e. The van der Waals surface area contributed by atoms with Crippen LogP contribution >= 0.6 is 0 Å². The van der Waals surface area contributed by atoms with Crippen molar-refractivity contribution >= 4 is 22.8 Å². The highest BCUT2D eigenvalue weighted by Gasteiger charge is 2.46. The Balaban J connectivity index is 1.25. The van der Waals surface area contributed by atoms with Gasteiger partial charge in [-0.1, -0.05) is 78.9 Å². The van der Waals surface area contributed by atoms with Gasteiger partial charge in [-0.15, -0.1) is 0 Å². The van der Waals surface area contributed by atoms with Gasteiger partial charge in [0, 0.05) is 18.1 Å². The van der Waals surface area contributed by atoms with E-state index in [-0.39, 0.29) is 11.5 Å². The molecule has 6 aromatic rings. The fourth-order valence-electron chi connectivity index (χ4n) is 6.02. The molecule has 1 aliphatic carbocycles. The van der Waals surface area contributed by atoms with Crippen LogP contribution < -0.4 is 5.32 Å². The number of aromatic nitrogens is 1. The third-order valence-corrected chi connectivity index (χ3v) is 8.65. The summed E-state index contributed by atoms with van der Waals surface area (Å²) in [7, 11) is 0. The molecule has 45 heavy (non-hydrogen) atoms. The topological polar surface area (TPSA) is 95.1 Å². The van der Waals surface area contributed by atoms with Crippen molar-refractivity contribution in [2.24, 2.45) is 0 Å². The smallest absolute Gasteiger partial charge is 0.335 e. The molecule has 7 rings (SSSR count). The van der Waals surface area contributed by atoms with Gasteiger partial charge in [-0.25, -0.2) is 4.79 Å². The summed E-state index contributed by atoms with van der Waals surface area (Å²) in [4.78, 5) is 25.6. The van der Waals surface area contributed by atoms with Gasteiger partial charge in [0.1, 0.15) is 0 Å². The minimum absolute atomic E-state index is 0.185. The van der Waals surface area contributed by atoms with Crippen molar-refractivity contribution in [3.05, 3.63) is 155 Å². The summed E-state index contributed by atoms with van der Waals surface area (Å²) in [5.41, 5.74) is 7.79. The molecule has 1 aliphatic rings. The number of aromatic carboxylic acids is 1. The Morgan fingerprint density at radius 1 is 0.778 bits per heavy atom. The molecule has 218 valence electrons. The Kier molecular flexibility index (Phi) is 6.99. The van der Waals surface area contributed by atoms with E-state index in [1.165, 1.54) is 0 Å². The van der Waals surface area contributed by atoms with Crippen molar-refractivity contribution in [1.82, 2.24) is 9.88 Å². The fraction of sp³-hybridized carbons (Fsp3) is 0.103. The van der Waals surface area contributed by atoms with Crippen LogP contribution in [0, 0.1) is 11.3 Å². The molecule has 6 heteroatoms. The number of carboxylic acids is 1. The lowest BCUT2D eigenvalue weighted by Gasteiger charge is -2.20. The van der Waals surface area contributed by atoms with Gasteiger partial charge in [-0.2, -0.15) is 5.26 Å². The van der Waals surface area contributed by atoms with Gasteiger partial charge < -0.3 is 15.0 Å².